The highest BCUT2D eigenvalue weighted by molar-refractivity contribution is 5.95. The third-order valence-corrected chi connectivity index (χ3v) is 4.64. The van der Waals surface area contributed by atoms with Gasteiger partial charge in [0.2, 0.25) is 0 Å². The van der Waals surface area contributed by atoms with Crippen molar-refractivity contribution in [1.29, 1.82) is 0 Å². The van der Waals surface area contributed by atoms with E-state index in [1.807, 2.05) is 0 Å². The van der Waals surface area contributed by atoms with Crippen LogP contribution in [0, 0.1) is 0 Å². The molecule has 1 fully saturated rings. The molecule has 0 aliphatic carbocycles. The van der Waals surface area contributed by atoms with Gasteiger partial charge in [-0.05, 0) is 42.3 Å². The van der Waals surface area contributed by atoms with Crippen LogP contribution in [-0.2, 0) is 6.54 Å². The lowest BCUT2D eigenvalue weighted by molar-refractivity contribution is -0.274. The zero-order valence-electron chi connectivity index (χ0n) is 17.2. The zero-order valence-corrected chi connectivity index (χ0v) is 17.2. The number of nitrogens with one attached hydrogen (secondary N) is 2. The molecule has 0 bridgehead atoms. The van der Waals surface area contributed by atoms with Crippen molar-refractivity contribution in [3.63, 3.8) is 0 Å². The fraction of sp³-hybridized carbons (Fsp3) is 0.273. The highest BCUT2D eigenvalue weighted by atomic mass is 19.4. The molecule has 0 radical (unpaired) electrons. The van der Waals surface area contributed by atoms with Gasteiger partial charge in [0.25, 0.3) is 0 Å². The molecule has 0 aromatic heterocycles. The summed E-state index contributed by atoms with van der Waals surface area (Å²) < 4.78 is 41.4. The summed E-state index contributed by atoms with van der Waals surface area (Å²) in [6, 6.07) is 11.8. The topological polar surface area (TPSA) is 73.9 Å². The lowest BCUT2D eigenvalue weighted by atomic mass is 10.1. The first kappa shape index (κ1) is 23.0. The van der Waals surface area contributed by atoms with Gasteiger partial charge in [0.15, 0.2) is 0 Å². The number of urea groups is 2. The number of halogens is 3. The van der Waals surface area contributed by atoms with Gasteiger partial charge in [-0.2, -0.15) is 0 Å². The van der Waals surface area contributed by atoms with Crippen LogP contribution >= 0.6 is 0 Å². The van der Waals surface area contributed by atoms with Crippen LogP contribution in [-0.4, -0.2) is 43.0 Å². The van der Waals surface area contributed by atoms with E-state index in [1.165, 1.54) is 18.2 Å². The largest absolute Gasteiger partial charge is 0.573 e. The third-order valence-electron chi connectivity index (χ3n) is 4.64. The van der Waals surface area contributed by atoms with E-state index in [9.17, 15) is 22.8 Å². The van der Waals surface area contributed by atoms with E-state index >= 15 is 0 Å². The molecule has 1 aliphatic rings. The quantitative estimate of drug-likeness (QED) is 0.602. The van der Waals surface area contributed by atoms with Crippen LogP contribution in [0.5, 0.6) is 5.75 Å². The van der Waals surface area contributed by atoms with E-state index in [0.717, 1.165) is 0 Å². The Morgan fingerprint density at radius 3 is 2.69 bits per heavy atom. The van der Waals surface area contributed by atoms with Crippen LogP contribution in [0.3, 0.4) is 0 Å². The van der Waals surface area contributed by atoms with E-state index in [-0.39, 0.29) is 18.3 Å². The van der Waals surface area contributed by atoms with Crippen molar-refractivity contribution in [1.82, 2.24) is 10.2 Å². The number of carbonyl (C=O) groups excluding carboxylic acids is 2. The number of ether oxygens (including phenoxy) is 1. The Bertz CT molecular complexity index is 981. The number of nitrogens with zero attached hydrogens (tertiary/aromatic N) is 2. The number of hydrogen-bond acceptors (Lipinski definition) is 3. The van der Waals surface area contributed by atoms with Crippen LogP contribution in [0.25, 0.3) is 0 Å². The molecule has 10 heteroatoms. The van der Waals surface area contributed by atoms with Crippen molar-refractivity contribution in [3.05, 3.63) is 66.7 Å². The van der Waals surface area contributed by atoms with Gasteiger partial charge in [0.1, 0.15) is 5.75 Å². The van der Waals surface area contributed by atoms with Crippen molar-refractivity contribution in [2.75, 3.05) is 29.9 Å². The molecule has 2 N–H and O–H groups in total. The molecule has 0 spiro atoms. The summed E-state index contributed by atoms with van der Waals surface area (Å²) in [6.07, 6.45) is -2.54. The summed E-state index contributed by atoms with van der Waals surface area (Å²) in [4.78, 5) is 28.0. The van der Waals surface area contributed by atoms with Gasteiger partial charge in [-0.3, -0.25) is 4.90 Å². The normalized spacial score (nSPS) is 14.2. The minimum Gasteiger partial charge on any atom is -0.406 e. The number of anilines is 2. The highest BCUT2D eigenvalue weighted by Crippen LogP contribution is 2.26. The summed E-state index contributed by atoms with van der Waals surface area (Å²) in [5.41, 5.74) is 1.65. The number of carbonyl (C=O) groups is 2. The highest BCUT2D eigenvalue weighted by Gasteiger charge is 2.31. The average molecular weight is 448 g/mol. The fourth-order valence-corrected chi connectivity index (χ4v) is 3.32. The Hall–Kier alpha value is -3.69. The molecule has 2 aromatic rings. The summed E-state index contributed by atoms with van der Waals surface area (Å²) in [5.74, 6) is -0.329. The Balaban J connectivity index is 1.69. The minimum atomic E-state index is -4.78. The first-order valence-electron chi connectivity index (χ1n) is 9.92. The van der Waals surface area contributed by atoms with Gasteiger partial charge in [0.05, 0.1) is 0 Å². The number of rotatable bonds is 7. The number of amides is 4. The Kier molecular flexibility index (Phi) is 7.24. The van der Waals surface area contributed by atoms with Gasteiger partial charge in [-0.25, -0.2) is 9.59 Å². The van der Waals surface area contributed by atoms with E-state index in [2.05, 4.69) is 21.9 Å². The maximum Gasteiger partial charge on any atom is 0.573 e. The van der Waals surface area contributed by atoms with Gasteiger partial charge < -0.3 is 20.3 Å². The van der Waals surface area contributed by atoms with Crippen LogP contribution in [0.4, 0.5) is 34.1 Å². The predicted molar refractivity (Wildman–Crippen MR) is 115 cm³/mol. The maximum atomic E-state index is 13.0. The molecule has 32 heavy (non-hydrogen) atoms. The summed E-state index contributed by atoms with van der Waals surface area (Å²) in [6.45, 7) is 4.96. The molecule has 4 amide bonds. The van der Waals surface area contributed by atoms with Crippen molar-refractivity contribution >= 4 is 23.4 Å². The summed E-state index contributed by atoms with van der Waals surface area (Å²) >= 11 is 0. The van der Waals surface area contributed by atoms with Crippen molar-refractivity contribution < 1.29 is 27.5 Å². The minimum absolute atomic E-state index is 0.145. The monoisotopic (exact) mass is 448 g/mol. The van der Waals surface area contributed by atoms with Crippen LogP contribution in [0.15, 0.2) is 61.2 Å². The lowest BCUT2D eigenvalue weighted by Crippen LogP contribution is -2.49. The average Bonchev–Trinajstić information content (AvgIpc) is 2.73. The molecule has 1 aliphatic heterocycles. The second-order valence-corrected chi connectivity index (χ2v) is 7.08. The molecule has 1 heterocycles. The lowest BCUT2D eigenvalue weighted by Gasteiger charge is -2.36. The van der Waals surface area contributed by atoms with Crippen molar-refractivity contribution in [2.24, 2.45) is 0 Å². The molecule has 0 saturated carbocycles. The maximum absolute atomic E-state index is 13.0. The van der Waals surface area contributed by atoms with E-state index in [4.69, 9.17) is 0 Å². The molecule has 3 rings (SSSR count). The van der Waals surface area contributed by atoms with Gasteiger partial charge in [0, 0.05) is 37.6 Å². The van der Waals surface area contributed by atoms with Crippen LogP contribution in [0.1, 0.15) is 12.0 Å². The number of benzene rings is 2. The third kappa shape index (κ3) is 6.40. The van der Waals surface area contributed by atoms with Crippen molar-refractivity contribution in [3.8, 4) is 5.75 Å². The van der Waals surface area contributed by atoms with E-state index < -0.39 is 12.4 Å². The Morgan fingerprint density at radius 1 is 1.16 bits per heavy atom. The SMILES string of the molecule is C=CCNC(=O)Nc1cccc(N2CCCN(Cc3cccc(OC(F)(F)F)c3)C2=O)c1. The standard InChI is InChI=1S/C22H23F3N4O3/c1-2-10-26-20(30)27-17-7-4-8-18(14-17)29-12-5-11-28(21(29)31)15-16-6-3-9-19(13-16)32-22(23,24)25/h2-4,6-9,13-14H,1,5,10-12,15H2,(H2,26,27,30). The molecular formula is C22H23F3N4O3. The van der Waals surface area contributed by atoms with Crippen LogP contribution < -0.4 is 20.3 Å². The molecule has 7 nitrogen and oxygen atoms in total. The second-order valence-electron chi connectivity index (χ2n) is 7.08. The predicted octanol–water partition coefficient (Wildman–Crippen LogP) is 4.73. The Morgan fingerprint density at radius 2 is 1.94 bits per heavy atom. The van der Waals surface area contributed by atoms with E-state index in [1.54, 1.807) is 46.2 Å². The molecule has 2 aromatic carbocycles. The first-order chi connectivity index (χ1) is 15.2. The number of hydrogen-bond donors (Lipinski definition) is 2. The molecular weight excluding hydrogens is 425 g/mol. The molecule has 0 unspecified atom stereocenters. The first-order valence-corrected chi connectivity index (χ1v) is 9.92. The van der Waals surface area contributed by atoms with Gasteiger partial charge in [-0.1, -0.05) is 24.3 Å². The zero-order chi connectivity index (χ0) is 23.1. The summed E-state index contributed by atoms with van der Waals surface area (Å²) in [7, 11) is 0. The smallest absolute Gasteiger partial charge is 0.406 e. The molecule has 0 atom stereocenters. The van der Waals surface area contributed by atoms with Gasteiger partial charge >= 0.3 is 18.4 Å². The molecule has 1 saturated heterocycles. The van der Waals surface area contributed by atoms with Gasteiger partial charge in [-0.15, -0.1) is 19.8 Å². The second kappa shape index (κ2) is 10.1. The molecule has 170 valence electrons. The van der Waals surface area contributed by atoms with E-state index in [0.29, 0.717) is 43.0 Å². The Labute approximate surface area is 183 Å². The van der Waals surface area contributed by atoms with Crippen molar-refractivity contribution in [2.45, 2.75) is 19.3 Å². The van der Waals surface area contributed by atoms with Crippen LogP contribution in [0.2, 0.25) is 0 Å². The number of alkyl halides is 3. The fourth-order valence-electron chi connectivity index (χ4n) is 3.32. The summed E-state index contributed by atoms with van der Waals surface area (Å²) in [5, 5.41) is 5.30.